The summed E-state index contributed by atoms with van der Waals surface area (Å²) in [5.41, 5.74) is 4.43. The fourth-order valence-electron chi connectivity index (χ4n) is 3.89. The van der Waals surface area contributed by atoms with E-state index in [2.05, 4.69) is 27.3 Å². The summed E-state index contributed by atoms with van der Waals surface area (Å²) < 4.78 is 0. The zero-order chi connectivity index (χ0) is 21.1. The molecule has 0 aliphatic carbocycles. The fraction of sp³-hybridized carbons (Fsp3) is 0.348. The van der Waals surface area contributed by atoms with Crippen molar-refractivity contribution < 1.29 is 9.59 Å². The van der Waals surface area contributed by atoms with Gasteiger partial charge in [-0.1, -0.05) is 36.8 Å². The van der Waals surface area contributed by atoms with Crippen molar-refractivity contribution in [2.24, 2.45) is 0 Å². The van der Waals surface area contributed by atoms with Crippen LogP contribution in [-0.2, 0) is 11.2 Å². The largest absolute Gasteiger partial charge is 0.335 e. The topological polar surface area (TPSA) is 81.3 Å². The van der Waals surface area contributed by atoms with Crippen LogP contribution in [0.4, 0.5) is 5.69 Å². The number of aryl methyl sites for hydroxylation is 2. The van der Waals surface area contributed by atoms with Crippen molar-refractivity contribution in [3.05, 3.63) is 59.3 Å². The molecule has 2 aromatic carbocycles. The highest BCUT2D eigenvalue weighted by Gasteiger charge is 2.26. The predicted octanol–water partition coefficient (Wildman–Crippen LogP) is 2.83. The molecule has 2 N–H and O–H groups in total. The first-order valence-corrected chi connectivity index (χ1v) is 10.4. The van der Waals surface area contributed by atoms with Crippen LogP contribution in [-0.4, -0.2) is 64.5 Å². The standard InChI is InChI=1S/C23H27N5O2/c1-3-17-6-4-5-7-19(17)24-21(29)15-27-10-12-28(13-11-27)23(30)22-18-14-16(2)8-9-20(18)25-26-22/h4-9,14H,3,10-13,15H2,1-2H3,(H,24,29)(H,25,26). The third-order valence-electron chi connectivity index (χ3n) is 5.62. The molecule has 0 unspecified atom stereocenters. The number of para-hydroxylation sites is 1. The number of rotatable bonds is 5. The number of fused-ring (bicyclic) bond motifs is 1. The van der Waals surface area contributed by atoms with Crippen LogP contribution in [0.15, 0.2) is 42.5 Å². The van der Waals surface area contributed by atoms with Gasteiger partial charge < -0.3 is 10.2 Å². The molecule has 7 heteroatoms. The van der Waals surface area contributed by atoms with Gasteiger partial charge in [0, 0.05) is 37.3 Å². The van der Waals surface area contributed by atoms with Gasteiger partial charge in [0.2, 0.25) is 5.91 Å². The quantitative estimate of drug-likeness (QED) is 0.684. The normalized spacial score (nSPS) is 14.8. The van der Waals surface area contributed by atoms with Gasteiger partial charge in [0.1, 0.15) is 0 Å². The number of hydrogen-bond acceptors (Lipinski definition) is 4. The van der Waals surface area contributed by atoms with Crippen molar-refractivity contribution in [3.63, 3.8) is 0 Å². The van der Waals surface area contributed by atoms with E-state index in [1.54, 1.807) is 0 Å². The Kier molecular flexibility index (Phi) is 5.81. The molecule has 0 bridgehead atoms. The molecular formula is C23H27N5O2. The molecule has 1 aliphatic rings. The minimum Gasteiger partial charge on any atom is -0.335 e. The SMILES string of the molecule is CCc1ccccc1NC(=O)CN1CCN(C(=O)c2n[nH]c3ccc(C)cc23)CC1. The smallest absolute Gasteiger partial charge is 0.275 e. The van der Waals surface area contributed by atoms with Crippen LogP contribution in [0.2, 0.25) is 0 Å². The molecule has 0 saturated carbocycles. The molecule has 0 spiro atoms. The highest BCUT2D eigenvalue weighted by molar-refractivity contribution is 6.04. The lowest BCUT2D eigenvalue weighted by Gasteiger charge is -2.34. The minimum absolute atomic E-state index is 0.0237. The highest BCUT2D eigenvalue weighted by atomic mass is 16.2. The lowest BCUT2D eigenvalue weighted by Crippen LogP contribution is -2.50. The van der Waals surface area contributed by atoms with Crippen molar-refractivity contribution in [2.45, 2.75) is 20.3 Å². The average molecular weight is 406 g/mol. The molecule has 1 aliphatic heterocycles. The summed E-state index contributed by atoms with van der Waals surface area (Å²) in [6.45, 7) is 6.89. The summed E-state index contributed by atoms with van der Waals surface area (Å²) in [5, 5.41) is 11.1. The number of H-pyrrole nitrogens is 1. The van der Waals surface area contributed by atoms with E-state index in [1.165, 1.54) is 0 Å². The third-order valence-corrected chi connectivity index (χ3v) is 5.62. The van der Waals surface area contributed by atoms with Crippen LogP contribution in [0.25, 0.3) is 10.9 Å². The molecule has 3 aromatic rings. The van der Waals surface area contributed by atoms with E-state index in [4.69, 9.17) is 0 Å². The number of aromatic nitrogens is 2. The molecule has 1 aromatic heterocycles. The Balaban J connectivity index is 1.34. The molecule has 7 nitrogen and oxygen atoms in total. The monoisotopic (exact) mass is 405 g/mol. The van der Waals surface area contributed by atoms with E-state index >= 15 is 0 Å². The second-order valence-corrected chi connectivity index (χ2v) is 7.75. The summed E-state index contributed by atoms with van der Waals surface area (Å²) in [7, 11) is 0. The third kappa shape index (κ3) is 4.21. The van der Waals surface area contributed by atoms with Gasteiger partial charge in [0.15, 0.2) is 5.69 Å². The molecule has 1 fully saturated rings. The number of aromatic amines is 1. The Bertz CT molecular complexity index is 1070. The van der Waals surface area contributed by atoms with Gasteiger partial charge in [-0.2, -0.15) is 5.10 Å². The van der Waals surface area contributed by atoms with Crippen molar-refractivity contribution in [3.8, 4) is 0 Å². The number of carbonyl (C=O) groups excluding carboxylic acids is 2. The zero-order valence-electron chi connectivity index (χ0n) is 17.4. The van der Waals surface area contributed by atoms with Gasteiger partial charge in [-0.15, -0.1) is 0 Å². The molecule has 0 radical (unpaired) electrons. The summed E-state index contributed by atoms with van der Waals surface area (Å²) in [6.07, 6.45) is 0.874. The predicted molar refractivity (Wildman–Crippen MR) is 118 cm³/mol. The maximum Gasteiger partial charge on any atom is 0.275 e. The zero-order valence-corrected chi connectivity index (χ0v) is 17.4. The lowest BCUT2D eigenvalue weighted by molar-refractivity contribution is -0.117. The Morgan fingerprint density at radius 1 is 1.10 bits per heavy atom. The number of nitrogens with one attached hydrogen (secondary N) is 2. The fourth-order valence-corrected chi connectivity index (χ4v) is 3.89. The molecular weight excluding hydrogens is 378 g/mol. The van der Waals surface area contributed by atoms with E-state index in [9.17, 15) is 9.59 Å². The van der Waals surface area contributed by atoms with Crippen molar-refractivity contribution in [1.82, 2.24) is 20.0 Å². The van der Waals surface area contributed by atoms with Crippen LogP contribution >= 0.6 is 0 Å². The first kappa shape index (κ1) is 20.1. The number of carbonyl (C=O) groups is 2. The van der Waals surface area contributed by atoms with Gasteiger partial charge in [-0.3, -0.25) is 19.6 Å². The molecule has 1 saturated heterocycles. The minimum atomic E-state index is -0.0622. The van der Waals surface area contributed by atoms with Crippen LogP contribution in [0.5, 0.6) is 0 Å². The second-order valence-electron chi connectivity index (χ2n) is 7.75. The Labute approximate surface area is 176 Å². The number of hydrogen-bond donors (Lipinski definition) is 2. The van der Waals surface area contributed by atoms with E-state index < -0.39 is 0 Å². The van der Waals surface area contributed by atoms with Crippen LogP contribution in [0.1, 0.15) is 28.5 Å². The van der Waals surface area contributed by atoms with E-state index in [1.807, 2.05) is 54.3 Å². The molecule has 4 rings (SSSR count). The van der Waals surface area contributed by atoms with Crippen molar-refractivity contribution >= 4 is 28.4 Å². The lowest BCUT2D eigenvalue weighted by atomic mass is 10.1. The van der Waals surface area contributed by atoms with Gasteiger partial charge in [0.05, 0.1) is 12.1 Å². The van der Waals surface area contributed by atoms with Crippen LogP contribution in [0, 0.1) is 6.92 Å². The van der Waals surface area contributed by atoms with Crippen molar-refractivity contribution in [2.75, 3.05) is 38.0 Å². The van der Waals surface area contributed by atoms with E-state index in [0.29, 0.717) is 38.4 Å². The summed E-state index contributed by atoms with van der Waals surface area (Å²) in [6, 6.07) is 13.8. The van der Waals surface area contributed by atoms with Gasteiger partial charge in [0.25, 0.3) is 5.91 Å². The van der Waals surface area contributed by atoms with Crippen molar-refractivity contribution in [1.29, 1.82) is 0 Å². The summed E-state index contributed by atoms with van der Waals surface area (Å²) in [5.74, 6) is -0.0859. The van der Waals surface area contributed by atoms with Crippen LogP contribution in [0.3, 0.4) is 0 Å². The number of benzene rings is 2. The molecule has 0 atom stereocenters. The van der Waals surface area contributed by atoms with Gasteiger partial charge in [-0.05, 0) is 37.1 Å². The Morgan fingerprint density at radius 2 is 1.87 bits per heavy atom. The number of nitrogens with zero attached hydrogens (tertiary/aromatic N) is 3. The Morgan fingerprint density at radius 3 is 2.63 bits per heavy atom. The summed E-state index contributed by atoms with van der Waals surface area (Å²) in [4.78, 5) is 29.4. The average Bonchev–Trinajstić information content (AvgIpc) is 3.17. The van der Waals surface area contributed by atoms with E-state index in [0.717, 1.165) is 34.1 Å². The Hall–Kier alpha value is -3.19. The molecule has 30 heavy (non-hydrogen) atoms. The number of amides is 2. The molecule has 2 heterocycles. The number of piperazine rings is 1. The molecule has 156 valence electrons. The van der Waals surface area contributed by atoms with Gasteiger partial charge in [-0.25, -0.2) is 0 Å². The first-order valence-electron chi connectivity index (χ1n) is 10.4. The molecule has 2 amide bonds. The van der Waals surface area contributed by atoms with E-state index in [-0.39, 0.29) is 11.8 Å². The number of anilines is 1. The highest BCUT2D eigenvalue weighted by Crippen LogP contribution is 2.20. The maximum absolute atomic E-state index is 13.0. The maximum atomic E-state index is 13.0. The van der Waals surface area contributed by atoms with Gasteiger partial charge >= 0.3 is 0 Å². The summed E-state index contributed by atoms with van der Waals surface area (Å²) >= 11 is 0. The second kappa shape index (κ2) is 8.67. The first-order chi connectivity index (χ1) is 14.5. The van der Waals surface area contributed by atoms with Crippen LogP contribution < -0.4 is 5.32 Å².